The van der Waals surface area contributed by atoms with Gasteiger partial charge in [0.25, 0.3) is 5.91 Å². The number of hydrogen-bond acceptors (Lipinski definition) is 3. The fourth-order valence-corrected chi connectivity index (χ4v) is 2.31. The average Bonchev–Trinajstić information content (AvgIpc) is 2.41. The molecule has 0 aliphatic carbocycles. The summed E-state index contributed by atoms with van der Waals surface area (Å²) in [5.74, 6) is -0.460. The number of hydrogen-bond donors (Lipinski definition) is 3. The van der Waals surface area contributed by atoms with Crippen LogP contribution in [0, 0.1) is 0 Å². The molecular weight excluding hydrogens is 318 g/mol. The number of nitrogens with two attached hydrogens (primary N) is 2. The third-order valence-corrected chi connectivity index (χ3v) is 3.55. The minimum Gasteiger partial charge on any atom is -0.399 e. The Labute approximate surface area is 126 Å². The Morgan fingerprint density at radius 2 is 1.85 bits per heavy atom. The summed E-state index contributed by atoms with van der Waals surface area (Å²) in [7, 11) is 0. The third kappa shape index (κ3) is 3.30. The van der Waals surface area contributed by atoms with Crippen molar-refractivity contribution < 1.29 is 4.79 Å². The van der Waals surface area contributed by atoms with Gasteiger partial charge in [-0.3, -0.25) is 4.79 Å². The first kappa shape index (κ1) is 14.4. The zero-order valence-electron chi connectivity index (χ0n) is 11.1. The van der Waals surface area contributed by atoms with Crippen molar-refractivity contribution in [3.05, 3.63) is 58.1 Å². The first-order valence-electron chi connectivity index (χ1n) is 6.18. The summed E-state index contributed by atoms with van der Waals surface area (Å²) in [6, 6.07) is 13.1. The second-order valence-corrected chi connectivity index (χ2v) is 5.50. The number of benzene rings is 2. The smallest absolute Gasteiger partial charge is 0.250 e. The molecule has 5 N–H and O–H groups in total. The van der Waals surface area contributed by atoms with Gasteiger partial charge in [-0.25, -0.2) is 0 Å². The fourth-order valence-electron chi connectivity index (χ4n) is 1.95. The number of carbonyl (C=O) groups excluding carboxylic acids is 1. The lowest BCUT2D eigenvalue weighted by Crippen LogP contribution is -2.16. The van der Waals surface area contributed by atoms with Crippen molar-refractivity contribution in [2.24, 2.45) is 5.73 Å². The molecule has 2 aromatic carbocycles. The monoisotopic (exact) mass is 333 g/mol. The number of nitrogens with one attached hydrogen (secondary N) is 1. The van der Waals surface area contributed by atoms with Crippen LogP contribution >= 0.6 is 15.9 Å². The Morgan fingerprint density at radius 1 is 1.20 bits per heavy atom. The predicted molar refractivity (Wildman–Crippen MR) is 85.6 cm³/mol. The molecule has 0 aliphatic rings. The Morgan fingerprint density at radius 3 is 2.45 bits per heavy atom. The molecule has 1 amide bonds. The van der Waals surface area contributed by atoms with E-state index in [2.05, 4.69) is 21.2 Å². The van der Waals surface area contributed by atoms with E-state index in [-0.39, 0.29) is 6.04 Å². The molecular formula is C15H16BrN3O. The highest BCUT2D eigenvalue weighted by Crippen LogP contribution is 2.25. The maximum absolute atomic E-state index is 11.5. The molecule has 0 spiro atoms. The van der Waals surface area contributed by atoms with Gasteiger partial charge in [0, 0.05) is 21.9 Å². The summed E-state index contributed by atoms with van der Waals surface area (Å²) >= 11 is 3.33. The molecule has 2 rings (SSSR count). The van der Waals surface area contributed by atoms with E-state index in [1.807, 2.05) is 43.3 Å². The summed E-state index contributed by atoms with van der Waals surface area (Å²) in [5, 5.41) is 3.29. The highest BCUT2D eigenvalue weighted by molar-refractivity contribution is 9.10. The Bertz CT molecular complexity index is 626. The van der Waals surface area contributed by atoms with Gasteiger partial charge < -0.3 is 16.8 Å². The Hall–Kier alpha value is -2.01. The van der Waals surface area contributed by atoms with Crippen molar-refractivity contribution >= 4 is 33.2 Å². The van der Waals surface area contributed by atoms with Gasteiger partial charge in [0.2, 0.25) is 0 Å². The molecule has 0 heterocycles. The molecule has 1 unspecified atom stereocenters. The Balaban J connectivity index is 2.25. The maximum Gasteiger partial charge on any atom is 0.250 e. The quantitative estimate of drug-likeness (QED) is 0.751. The van der Waals surface area contributed by atoms with E-state index in [0.717, 1.165) is 15.7 Å². The summed E-state index contributed by atoms with van der Waals surface area (Å²) in [6.07, 6.45) is 0. The van der Waals surface area contributed by atoms with Crippen LogP contribution < -0.4 is 16.8 Å². The number of rotatable bonds is 4. The maximum atomic E-state index is 11.5. The molecule has 0 aromatic heterocycles. The van der Waals surface area contributed by atoms with Gasteiger partial charge in [-0.2, -0.15) is 0 Å². The van der Waals surface area contributed by atoms with Crippen molar-refractivity contribution in [1.29, 1.82) is 0 Å². The summed E-state index contributed by atoms with van der Waals surface area (Å²) in [5.41, 5.74) is 14.1. The zero-order chi connectivity index (χ0) is 14.7. The van der Waals surface area contributed by atoms with Gasteiger partial charge in [0.15, 0.2) is 0 Å². The van der Waals surface area contributed by atoms with Crippen molar-refractivity contribution in [3.8, 4) is 0 Å². The largest absolute Gasteiger partial charge is 0.399 e. The van der Waals surface area contributed by atoms with Crippen LogP contribution in [0.3, 0.4) is 0 Å². The lowest BCUT2D eigenvalue weighted by Gasteiger charge is -2.18. The molecule has 4 nitrogen and oxygen atoms in total. The van der Waals surface area contributed by atoms with E-state index in [9.17, 15) is 4.79 Å². The fraction of sp³-hybridized carbons (Fsp3) is 0.133. The van der Waals surface area contributed by atoms with Crippen LogP contribution in [0.1, 0.15) is 28.9 Å². The summed E-state index contributed by atoms with van der Waals surface area (Å²) < 4.78 is 0.817. The lowest BCUT2D eigenvalue weighted by molar-refractivity contribution is 0.100. The molecule has 20 heavy (non-hydrogen) atoms. The second kappa shape index (κ2) is 5.96. The van der Waals surface area contributed by atoms with Crippen LogP contribution in [0.15, 0.2) is 46.9 Å². The number of nitrogen functional groups attached to an aromatic ring is 1. The van der Waals surface area contributed by atoms with Gasteiger partial charge in [-0.1, -0.05) is 28.1 Å². The number of amides is 1. The van der Waals surface area contributed by atoms with Crippen LogP contribution in [0.2, 0.25) is 0 Å². The van der Waals surface area contributed by atoms with E-state index < -0.39 is 5.91 Å². The SMILES string of the molecule is CC(Nc1ccc(Br)cc1C(N)=O)c1ccc(N)cc1. The van der Waals surface area contributed by atoms with Crippen LogP contribution in [0.5, 0.6) is 0 Å². The van der Waals surface area contributed by atoms with E-state index in [1.54, 1.807) is 6.07 Å². The molecule has 0 fully saturated rings. The normalized spacial score (nSPS) is 11.9. The second-order valence-electron chi connectivity index (χ2n) is 4.59. The number of anilines is 2. The molecule has 104 valence electrons. The van der Waals surface area contributed by atoms with Gasteiger partial charge in [-0.05, 0) is 42.8 Å². The van der Waals surface area contributed by atoms with Crippen LogP contribution in [-0.4, -0.2) is 5.91 Å². The number of primary amides is 1. The van der Waals surface area contributed by atoms with Crippen molar-refractivity contribution in [2.45, 2.75) is 13.0 Å². The highest BCUT2D eigenvalue weighted by atomic mass is 79.9. The highest BCUT2D eigenvalue weighted by Gasteiger charge is 2.12. The minimum atomic E-state index is -0.460. The van der Waals surface area contributed by atoms with E-state index >= 15 is 0 Å². The topological polar surface area (TPSA) is 81.1 Å². The van der Waals surface area contributed by atoms with Gasteiger partial charge >= 0.3 is 0 Å². The molecule has 1 atom stereocenters. The summed E-state index contributed by atoms with van der Waals surface area (Å²) in [4.78, 5) is 11.5. The van der Waals surface area contributed by atoms with E-state index in [1.165, 1.54) is 0 Å². The standard InChI is InChI=1S/C15H16BrN3O/c1-9(10-2-5-12(17)6-3-10)19-14-7-4-11(16)8-13(14)15(18)20/h2-9,19H,17H2,1H3,(H2,18,20). The third-order valence-electron chi connectivity index (χ3n) is 3.06. The van der Waals surface area contributed by atoms with E-state index in [0.29, 0.717) is 11.3 Å². The van der Waals surface area contributed by atoms with Crippen molar-refractivity contribution in [3.63, 3.8) is 0 Å². The number of carbonyl (C=O) groups is 1. The van der Waals surface area contributed by atoms with Crippen LogP contribution in [-0.2, 0) is 0 Å². The van der Waals surface area contributed by atoms with E-state index in [4.69, 9.17) is 11.5 Å². The molecule has 2 aromatic rings. The van der Waals surface area contributed by atoms with Crippen LogP contribution in [0.25, 0.3) is 0 Å². The number of halogens is 1. The zero-order valence-corrected chi connectivity index (χ0v) is 12.6. The molecule has 0 radical (unpaired) electrons. The van der Waals surface area contributed by atoms with Gasteiger partial charge in [0.1, 0.15) is 0 Å². The first-order valence-corrected chi connectivity index (χ1v) is 6.98. The minimum absolute atomic E-state index is 0.0369. The molecule has 5 heteroatoms. The van der Waals surface area contributed by atoms with Gasteiger partial charge in [0.05, 0.1) is 5.56 Å². The van der Waals surface area contributed by atoms with Crippen LogP contribution in [0.4, 0.5) is 11.4 Å². The molecule has 0 saturated carbocycles. The van der Waals surface area contributed by atoms with Gasteiger partial charge in [-0.15, -0.1) is 0 Å². The lowest BCUT2D eigenvalue weighted by atomic mass is 10.1. The molecule has 0 bridgehead atoms. The predicted octanol–water partition coefficient (Wildman–Crippen LogP) is 3.30. The Kier molecular flexibility index (Phi) is 4.29. The van der Waals surface area contributed by atoms with Crippen molar-refractivity contribution in [2.75, 3.05) is 11.1 Å². The average molecular weight is 334 g/mol. The summed E-state index contributed by atoms with van der Waals surface area (Å²) in [6.45, 7) is 2.01. The molecule has 0 saturated heterocycles. The molecule has 0 aliphatic heterocycles. The first-order chi connectivity index (χ1) is 9.47. The van der Waals surface area contributed by atoms with Crippen molar-refractivity contribution in [1.82, 2.24) is 0 Å².